The molecule has 0 saturated heterocycles. The average molecular weight is 440 g/mol. The minimum Gasteiger partial charge on any atom is -0.454 e. The molecule has 0 fully saturated rings. The largest absolute Gasteiger partial charge is 0.454 e. The van der Waals surface area contributed by atoms with Crippen molar-refractivity contribution in [2.75, 3.05) is 6.61 Å². The highest BCUT2D eigenvalue weighted by Gasteiger charge is 2.21. The Morgan fingerprint density at radius 2 is 1.50 bits per heavy atom. The number of nitro groups is 1. The molecule has 3 rings (SSSR count). The van der Waals surface area contributed by atoms with Gasteiger partial charge < -0.3 is 4.74 Å². The molecule has 0 saturated carbocycles. The van der Waals surface area contributed by atoms with Crippen LogP contribution in [0.15, 0.2) is 77.3 Å². The fraction of sp³-hybridized carbons (Fsp3) is 0.0476. The zero-order chi connectivity index (χ0) is 20.1. The molecule has 0 atom stereocenters. The van der Waals surface area contributed by atoms with Crippen LogP contribution in [0.2, 0.25) is 0 Å². The van der Waals surface area contributed by atoms with Gasteiger partial charge in [0, 0.05) is 21.7 Å². The van der Waals surface area contributed by atoms with Gasteiger partial charge >= 0.3 is 5.97 Å². The Hall–Kier alpha value is -3.32. The van der Waals surface area contributed by atoms with Crippen molar-refractivity contribution in [2.45, 2.75) is 0 Å². The number of nitrogens with zero attached hydrogens (tertiary/aromatic N) is 1. The summed E-state index contributed by atoms with van der Waals surface area (Å²) >= 11 is 3.29. The summed E-state index contributed by atoms with van der Waals surface area (Å²) in [5, 5.41) is 11.3. The van der Waals surface area contributed by atoms with Gasteiger partial charge in [0.1, 0.15) is 0 Å². The lowest BCUT2D eigenvalue weighted by molar-refractivity contribution is -0.384. The van der Waals surface area contributed by atoms with Crippen molar-refractivity contribution >= 4 is 33.4 Å². The number of esters is 1. The molecule has 3 aromatic carbocycles. The van der Waals surface area contributed by atoms with Gasteiger partial charge in [0.2, 0.25) is 0 Å². The van der Waals surface area contributed by atoms with Crippen LogP contribution in [0.25, 0.3) is 11.1 Å². The quantitative estimate of drug-likeness (QED) is 0.231. The van der Waals surface area contributed by atoms with Crippen LogP contribution in [-0.2, 0) is 4.74 Å². The second kappa shape index (κ2) is 8.58. The number of benzene rings is 3. The molecular weight excluding hydrogens is 426 g/mol. The summed E-state index contributed by atoms with van der Waals surface area (Å²) in [7, 11) is 0. The van der Waals surface area contributed by atoms with Crippen LogP contribution in [0, 0.1) is 10.1 Å². The van der Waals surface area contributed by atoms with Gasteiger partial charge in [-0.1, -0.05) is 58.4 Å². The van der Waals surface area contributed by atoms with Crippen molar-refractivity contribution in [1.29, 1.82) is 0 Å². The number of ether oxygens (including phenoxy) is 1. The summed E-state index contributed by atoms with van der Waals surface area (Å²) in [4.78, 5) is 35.6. The van der Waals surface area contributed by atoms with E-state index in [4.69, 9.17) is 4.74 Å². The molecule has 7 heteroatoms. The van der Waals surface area contributed by atoms with E-state index in [2.05, 4.69) is 15.9 Å². The Morgan fingerprint density at radius 1 is 0.893 bits per heavy atom. The summed E-state index contributed by atoms with van der Waals surface area (Å²) in [6.07, 6.45) is 0. The van der Waals surface area contributed by atoms with Crippen LogP contribution >= 0.6 is 15.9 Å². The molecule has 0 spiro atoms. The first-order chi connectivity index (χ1) is 13.5. The molecule has 0 amide bonds. The first-order valence-corrected chi connectivity index (χ1v) is 9.05. The van der Waals surface area contributed by atoms with E-state index in [9.17, 15) is 19.7 Å². The summed E-state index contributed by atoms with van der Waals surface area (Å²) in [6.45, 7) is -0.425. The van der Waals surface area contributed by atoms with E-state index in [0.29, 0.717) is 16.7 Å². The van der Waals surface area contributed by atoms with Crippen molar-refractivity contribution < 1.29 is 19.2 Å². The second-order valence-corrected chi connectivity index (χ2v) is 6.74. The van der Waals surface area contributed by atoms with Crippen molar-refractivity contribution in [3.8, 4) is 11.1 Å². The molecule has 6 nitrogen and oxygen atoms in total. The molecule has 0 N–H and O–H groups in total. The summed E-state index contributed by atoms with van der Waals surface area (Å²) < 4.78 is 6.00. The number of rotatable bonds is 6. The monoisotopic (exact) mass is 439 g/mol. The van der Waals surface area contributed by atoms with Gasteiger partial charge in [-0.25, -0.2) is 4.79 Å². The van der Waals surface area contributed by atoms with Crippen LogP contribution in [0.5, 0.6) is 0 Å². The second-order valence-electron chi connectivity index (χ2n) is 5.83. The number of Topliss-reactive ketones (excluding diaryl/α,β-unsaturated/α-hetero) is 1. The van der Waals surface area contributed by atoms with E-state index in [1.54, 1.807) is 60.7 Å². The molecule has 0 bridgehead atoms. The minimum atomic E-state index is -0.723. The predicted molar refractivity (Wildman–Crippen MR) is 107 cm³/mol. The number of ketones is 1. The maximum atomic E-state index is 12.6. The maximum Gasteiger partial charge on any atom is 0.339 e. The average Bonchev–Trinajstić information content (AvgIpc) is 2.72. The minimum absolute atomic E-state index is 0.117. The third-order valence-corrected chi connectivity index (χ3v) is 4.57. The van der Waals surface area contributed by atoms with Crippen LogP contribution in [-0.4, -0.2) is 23.3 Å². The zero-order valence-corrected chi connectivity index (χ0v) is 16.1. The molecule has 3 aromatic rings. The van der Waals surface area contributed by atoms with Crippen molar-refractivity contribution in [2.24, 2.45) is 0 Å². The molecule has 0 aromatic heterocycles. The molecule has 0 radical (unpaired) electrons. The summed E-state index contributed by atoms with van der Waals surface area (Å²) in [5.41, 5.74) is 1.13. The molecule has 28 heavy (non-hydrogen) atoms. The Balaban J connectivity index is 1.83. The number of hydrogen-bond donors (Lipinski definition) is 0. The molecule has 0 unspecified atom stereocenters. The Kier molecular flexibility index (Phi) is 5.96. The van der Waals surface area contributed by atoms with E-state index in [1.165, 1.54) is 12.1 Å². The van der Waals surface area contributed by atoms with E-state index in [1.807, 2.05) is 0 Å². The van der Waals surface area contributed by atoms with Crippen LogP contribution in [0.3, 0.4) is 0 Å². The zero-order valence-electron chi connectivity index (χ0n) is 14.5. The number of carbonyl (C=O) groups is 2. The van der Waals surface area contributed by atoms with Gasteiger partial charge in [0.05, 0.1) is 16.1 Å². The van der Waals surface area contributed by atoms with Gasteiger partial charge in [-0.05, 0) is 24.3 Å². The standard InChI is InChI=1S/C21H14BrNO5/c22-15-11-9-14(10-12-15)20(24)13-28-21(25)18-7-2-1-5-16(18)17-6-3-4-8-19(17)23(26)27/h1-12H,13H2. The lowest BCUT2D eigenvalue weighted by atomic mass is 9.98. The Labute approximate surface area is 169 Å². The molecule has 0 heterocycles. The number of hydrogen-bond acceptors (Lipinski definition) is 5. The lowest BCUT2D eigenvalue weighted by Gasteiger charge is -2.10. The van der Waals surface area contributed by atoms with Gasteiger partial charge in [-0.15, -0.1) is 0 Å². The predicted octanol–water partition coefficient (Wildman–Crippen LogP) is 5.06. The number of nitro benzene ring substituents is 1. The van der Waals surface area contributed by atoms with Crippen molar-refractivity contribution in [3.63, 3.8) is 0 Å². The lowest BCUT2D eigenvalue weighted by Crippen LogP contribution is -2.15. The fourth-order valence-corrected chi connectivity index (χ4v) is 2.95. The van der Waals surface area contributed by atoms with Gasteiger partial charge in [0.15, 0.2) is 12.4 Å². The van der Waals surface area contributed by atoms with E-state index in [0.717, 1.165) is 4.47 Å². The molecule has 0 aliphatic rings. The highest BCUT2D eigenvalue weighted by molar-refractivity contribution is 9.10. The van der Waals surface area contributed by atoms with E-state index < -0.39 is 17.5 Å². The van der Waals surface area contributed by atoms with Crippen LogP contribution in [0.4, 0.5) is 5.69 Å². The molecule has 140 valence electrons. The number of halogens is 1. The maximum absolute atomic E-state index is 12.6. The molecular formula is C21H14BrNO5. The summed E-state index contributed by atoms with van der Waals surface area (Å²) in [5.74, 6) is -1.07. The van der Waals surface area contributed by atoms with Crippen LogP contribution in [0.1, 0.15) is 20.7 Å². The van der Waals surface area contributed by atoms with E-state index >= 15 is 0 Å². The van der Waals surface area contributed by atoms with Crippen LogP contribution < -0.4 is 0 Å². The van der Waals surface area contributed by atoms with Crippen molar-refractivity contribution in [1.82, 2.24) is 0 Å². The van der Waals surface area contributed by atoms with Gasteiger partial charge in [-0.2, -0.15) is 0 Å². The first kappa shape index (κ1) is 19.4. The van der Waals surface area contributed by atoms with Gasteiger partial charge in [-0.3, -0.25) is 14.9 Å². The van der Waals surface area contributed by atoms with Gasteiger partial charge in [0.25, 0.3) is 5.69 Å². The molecule has 0 aliphatic carbocycles. The normalized spacial score (nSPS) is 10.3. The smallest absolute Gasteiger partial charge is 0.339 e. The SMILES string of the molecule is O=C(COC(=O)c1ccccc1-c1ccccc1[N+](=O)[O-])c1ccc(Br)cc1. The number of carbonyl (C=O) groups excluding carboxylic acids is 2. The highest BCUT2D eigenvalue weighted by atomic mass is 79.9. The summed E-state index contributed by atoms with van der Waals surface area (Å²) in [6, 6.07) is 19.3. The van der Waals surface area contributed by atoms with Crippen molar-refractivity contribution in [3.05, 3.63) is 98.5 Å². The highest BCUT2D eigenvalue weighted by Crippen LogP contribution is 2.32. The Morgan fingerprint density at radius 3 is 2.18 bits per heavy atom. The molecule has 0 aliphatic heterocycles. The third-order valence-electron chi connectivity index (χ3n) is 4.04. The number of para-hydroxylation sites is 1. The topological polar surface area (TPSA) is 86.5 Å². The third kappa shape index (κ3) is 4.32. The fourth-order valence-electron chi connectivity index (χ4n) is 2.68. The first-order valence-electron chi connectivity index (χ1n) is 8.26. The van der Waals surface area contributed by atoms with E-state index in [-0.39, 0.29) is 17.0 Å². The Bertz CT molecular complexity index is 1050.